The van der Waals surface area contributed by atoms with Gasteiger partial charge < -0.3 is 5.32 Å². The number of likely N-dealkylation sites (N-methyl/N-ethyl adjacent to an activating group) is 1. The number of hydrogen-bond acceptors (Lipinski definition) is 4. The van der Waals surface area contributed by atoms with Crippen molar-refractivity contribution in [1.82, 2.24) is 25.0 Å². The van der Waals surface area contributed by atoms with Crippen LogP contribution in [0, 0.1) is 5.82 Å². The molecule has 0 fully saturated rings. The van der Waals surface area contributed by atoms with Gasteiger partial charge in [0.2, 0.25) is 5.91 Å². The molecule has 0 bridgehead atoms. The first-order chi connectivity index (χ1) is 10.5. The van der Waals surface area contributed by atoms with Gasteiger partial charge in [0.15, 0.2) is 0 Å². The van der Waals surface area contributed by atoms with Crippen molar-refractivity contribution >= 4 is 5.91 Å². The Balaban J connectivity index is 2.02. The second-order valence-corrected chi connectivity index (χ2v) is 5.23. The van der Waals surface area contributed by atoms with Gasteiger partial charge in [-0.1, -0.05) is 18.2 Å². The van der Waals surface area contributed by atoms with Crippen LogP contribution in [0.4, 0.5) is 4.39 Å². The van der Waals surface area contributed by atoms with Gasteiger partial charge in [0.05, 0.1) is 0 Å². The molecule has 0 saturated heterocycles. The summed E-state index contributed by atoms with van der Waals surface area (Å²) >= 11 is 0. The summed E-state index contributed by atoms with van der Waals surface area (Å²) in [6.45, 7) is 0.421. The predicted molar refractivity (Wildman–Crippen MR) is 80.5 cm³/mol. The second-order valence-electron chi connectivity index (χ2n) is 5.23. The van der Waals surface area contributed by atoms with Crippen LogP contribution in [0.5, 0.6) is 0 Å². The highest BCUT2D eigenvalue weighted by Gasteiger charge is 2.25. The molecular weight excluding hydrogens is 285 g/mol. The van der Waals surface area contributed by atoms with E-state index in [-0.39, 0.29) is 11.7 Å². The van der Waals surface area contributed by atoms with Crippen LogP contribution in [0.2, 0.25) is 0 Å². The average Bonchev–Trinajstić information content (AvgIpc) is 2.86. The Hall–Kier alpha value is -2.28. The lowest BCUT2D eigenvalue weighted by molar-refractivity contribution is -0.125. The van der Waals surface area contributed by atoms with Gasteiger partial charge in [-0.05, 0) is 20.2 Å². The van der Waals surface area contributed by atoms with E-state index in [1.54, 1.807) is 48.9 Å². The van der Waals surface area contributed by atoms with E-state index < -0.39 is 6.04 Å². The molecule has 0 aliphatic carbocycles. The number of halogens is 1. The lowest BCUT2D eigenvalue weighted by atomic mass is 10.0. The zero-order valence-electron chi connectivity index (χ0n) is 13.0. The summed E-state index contributed by atoms with van der Waals surface area (Å²) in [6.07, 6.45) is 2.04. The highest BCUT2D eigenvalue weighted by molar-refractivity contribution is 5.83. The summed E-state index contributed by atoms with van der Waals surface area (Å²) in [5, 5.41) is 6.80. The number of carbonyl (C=O) groups excluding carboxylic acids is 1. The zero-order chi connectivity index (χ0) is 16.1. The molecule has 1 heterocycles. The fraction of sp³-hybridized carbons (Fsp3) is 0.400. The van der Waals surface area contributed by atoms with Crippen molar-refractivity contribution < 1.29 is 9.18 Å². The van der Waals surface area contributed by atoms with E-state index in [9.17, 15) is 9.18 Å². The molecule has 0 aliphatic heterocycles. The van der Waals surface area contributed by atoms with E-state index in [2.05, 4.69) is 15.4 Å². The van der Waals surface area contributed by atoms with E-state index >= 15 is 0 Å². The lowest BCUT2D eigenvalue weighted by Crippen LogP contribution is -2.38. The third-order valence-corrected chi connectivity index (χ3v) is 3.42. The van der Waals surface area contributed by atoms with Gasteiger partial charge in [0.25, 0.3) is 0 Å². The molecule has 0 saturated carbocycles. The van der Waals surface area contributed by atoms with Crippen molar-refractivity contribution in [1.29, 1.82) is 0 Å². The summed E-state index contributed by atoms with van der Waals surface area (Å²) in [6, 6.07) is 5.65. The molecule has 7 heteroatoms. The SMILES string of the molecule is CN(C)[C@@H](C(=O)NCCc1ncnn1C)c1ccccc1F. The molecule has 22 heavy (non-hydrogen) atoms. The zero-order valence-corrected chi connectivity index (χ0v) is 13.0. The number of aryl methyl sites for hydroxylation is 1. The van der Waals surface area contributed by atoms with Crippen molar-refractivity contribution in [3.63, 3.8) is 0 Å². The molecule has 2 aromatic rings. The van der Waals surface area contributed by atoms with Crippen LogP contribution in [0.1, 0.15) is 17.4 Å². The Bertz CT molecular complexity index is 640. The molecule has 1 amide bonds. The first-order valence-electron chi connectivity index (χ1n) is 7.02. The van der Waals surface area contributed by atoms with E-state index in [1.807, 2.05) is 0 Å². The number of nitrogens with zero attached hydrogens (tertiary/aromatic N) is 4. The number of benzene rings is 1. The number of hydrogen-bond donors (Lipinski definition) is 1. The predicted octanol–water partition coefficient (Wildman–Crippen LogP) is 0.916. The van der Waals surface area contributed by atoms with Crippen molar-refractivity contribution in [2.24, 2.45) is 7.05 Å². The fourth-order valence-electron chi connectivity index (χ4n) is 2.29. The van der Waals surface area contributed by atoms with Crippen LogP contribution in [0.25, 0.3) is 0 Å². The highest BCUT2D eigenvalue weighted by atomic mass is 19.1. The molecule has 1 aromatic carbocycles. The topological polar surface area (TPSA) is 63.1 Å². The molecule has 2 rings (SSSR count). The Morgan fingerprint density at radius 2 is 2.14 bits per heavy atom. The van der Waals surface area contributed by atoms with Crippen molar-refractivity contribution in [3.8, 4) is 0 Å². The Morgan fingerprint density at radius 3 is 2.73 bits per heavy atom. The van der Waals surface area contributed by atoms with Crippen LogP contribution in [-0.4, -0.2) is 46.2 Å². The van der Waals surface area contributed by atoms with E-state index in [0.717, 1.165) is 5.82 Å². The largest absolute Gasteiger partial charge is 0.354 e. The molecule has 1 aromatic heterocycles. The minimum absolute atomic E-state index is 0.239. The summed E-state index contributed by atoms with van der Waals surface area (Å²) < 4.78 is 15.6. The minimum atomic E-state index is -0.666. The number of nitrogens with one attached hydrogen (secondary N) is 1. The highest BCUT2D eigenvalue weighted by Crippen LogP contribution is 2.21. The molecule has 1 atom stereocenters. The maximum atomic E-state index is 13.9. The monoisotopic (exact) mass is 305 g/mol. The normalized spacial score (nSPS) is 12.4. The second kappa shape index (κ2) is 7.13. The van der Waals surface area contributed by atoms with Crippen molar-refractivity contribution in [2.45, 2.75) is 12.5 Å². The number of rotatable bonds is 6. The van der Waals surface area contributed by atoms with Crippen LogP contribution in [0.3, 0.4) is 0 Å². The number of aromatic nitrogens is 3. The van der Waals surface area contributed by atoms with Gasteiger partial charge in [-0.2, -0.15) is 5.10 Å². The lowest BCUT2D eigenvalue weighted by Gasteiger charge is -2.24. The van der Waals surface area contributed by atoms with E-state index in [0.29, 0.717) is 18.5 Å². The third-order valence-electron chi connectivity index (χ3n) is 3.42. The van der Waals surface area contributed by atoms with E-state index in [1.165, 1.54) is 12.4 Å². The van der Waals surface area contributed by atoms with Gasteiger partial charge >= 0.3 is 0 Å². The van der Waals surface area contributed by atoms with Gasteiger partial charge in [0.1, 0.15) is 24.0 Å². The average molecular weight is 305 g/mol. The van der Waals surface area contributed by atoms with Crippen LogP contribution >= 0.6 is 0 Å². The Labute approximate surface area is 129 Å². The van der Waals surface area contributed by atoms with Gasteiger partial charge in [-0.25, -0.2) is 9.37 Å². The van der Waals surface area contributed by atoms with E-state index in [4.69, 9.17) is 0 Å². The van der Waals surface area contributed by atoms with Gasteiger partial charge in [-0.15, -0.1) is 0 Å². The van der Waals surface area contributed by atoms with Crippen LogP contribution in [0.15, 0.2) is 30.6 Å². The number of amides is 1. The Morgan fingerprint density at radius 1 is 1.41 bits per heavy atom. The summed E-state index contributed by atoms with van der Waals surface area (Å²) in [5.74, 6) is 0.162. The van der Waals surface area contributed by atoms with Crippen molar-refractivity contribution in [2.75, 3.05) is 20.6 Å². The maximum Gasteiger partial charge on any atom is 0.242 e. The molecular formula is C15H20FN5O. The molecule has 0 aliphatic rings. The molecule has 6 nitrogen and oxygen atoms in total. The quantitative estimate of drug-likeness (QED) is 0.862. The molecule has 1 N–H and O–H groups in total. The molecule has 0 radical (unpaired) electrons. The van der Waals surface area contributed by atoms with Crippen molar-refractivity contribution in [3.05, 3.63) is 47.8 Å². The fourth-order valence-corrected chi connectivity index (χ4v) is 2.29. The number of carbonyl (C=O) groups is 1. The van der Waals surface area contributed by atoms with Gasteiger partial charge in [0, 0.05) is 25.6 Å². The standard InChI is InChI=1S/C15H20FN5O/c1-20(2)14(11-6-4-5-7-12(11)16)15(22)17-9-8-13-18-10-19-21(13)3/h4-7,10,14H,8-9H2,1-3H3,(H,17,22)/t14-/m1/s1. The van der Waals surface area contributed by atoms with Crippen LogP contribution in [-0.2, 0) is 18.3 Å². The first kappa shape index (κ1) is 16.1. The summed E-state index contributed by atoms with van der Waals surface area (Å²) in [5.41, 5.74) is 0.364. The minimum Gasteiger partial charge on any atom is -0.354 e. The maximum absolute atomic E-state index is 13.9. The van der Waals surface area contributed by atoms with Gasteiger partial charge in [-0.3, -0.25) is 14.4 Å². The smallest absolute Gasteiger partial charge is 0.242 e. The molecule has 118 valence electrons. The molecule has 0 spiro atoms. The molecule has 0 unspecified atom stereocenters. The summed E-state index contributed by atoms with van der Waals surface area (Å²) in [4.78, 5) is 18.2. The summed E-state index contributed by atoms with van der Waals surface area (Å²) in [7, 11) is 5.30. The third kappa shape index (κ3) is 3.67. The van der Waals surface area contributed by atoms with Crippen LogP contribution < -0.4 is 5.32 Å². The Kier molecular flexibility index (Phi) is 5.21. The first-order valence-corrected chi connectivity index (χ1v) is 7.02.